The van der Waals surface area contributed by atoms with Crippen LogP contribution in [0.15, 0.2) is 42.6 Å². The fourth-order valence-corrected chi connectivity index (χ4v) is 3.46. The van der Waals surface area contributed by atoms with E-state index in [1.54, 1.807) is 11.3 Å². The van der Waals surface area contributed by atoms with Gasteiger partial charge in [-0.2, -0.15) is 0 Å². The maximum atomic E-state index is 12.3. The molecule has 2 aromatic heterocycles. The third-order valence-electron chi connectivity index (χ3n) is 3.34. The van der Waals surface area contributed by atoms with Crippen LogP contribution in [0.3, 0.4) is 0 Å². The molecule has 4 heteroatoms. The van der Waals surface area contributed by atoms with Crippen LogP contribution in [-0.4, -0.2) is 10.4 Å². The number of fused-ring (bicyclic) bond motifs is 1. The van der Waals surface area contributed by atoms with Gasteiger partial charge < -0.3 is 4.57 Å². The van der Waals surface area contributed by atoms with Gasteiger partial charge in [-0.3, -0.25) is 4.79 Å². The molecule has 0 N–H and O–H groups in total. The lowest BCUT2D eigenvalue weighted by Crippen LogP contribution is -2.08. The molecule has 3 rings (SSSR count). The minimum atomic E-state index is 0.132. The van der Waals surface area contributed by atoms with Crippen LogP contribution < -0.4 is 0 Å². The SMILES string of the molecule is CCc1ccc(C(=O)Cn2ccc3cccc(Cl)c32)s1. The van der Waals surface area contributed by atoms with Crippen LogP contribution in [0.2, 0.25) is 5.02 Å². The van der Waals surface area contributed by atoms with Gasteiger partial charge in [-0.15, -0.1) is 11.3 Å². The number of carbonyl (C=O) groups is 1. The number of hydrogen-bond donors (Lipinski definition) is 0. The molecule has 0 aliphatic carbocycles. The van der Waals surface area contributed by atoms with Crippen molar-refractivity contribution in [3.8, 4) is 0 Å². The maximum Gasteiger partial charge on any atom is 0.192 e. The molecule has 0 radical (unpaired) electrons. The summed E-state index contributed by atoms with van der Waals surface area (Å²) in [7, 11) is 0. The van der Waals surface area contributed by atoms with Crippen molar-refractivity contribution in [1.29, 1.82) is 0 Å². The molecule has 0 spiro atoms. The fourth-order valence-electron chi connectivity index (χ4n) is 2.30. The average molecular weight is 304 g/mol. The Morgan fingerprint density at radius 1 is 1.25 bits per heavy atom. The van der Waals surface area contributed by atoms with Crippen molar-refractivity contribution in [2.24, 2.45) is 0 Å². The number of para-hydroxylation sites is 1. The van der Waals surface area contributed by atoms with E-state index < -0.39 is 0 Å². The first kappa shape index (κ1) is 13.4. The first-order valence-electron chi connectivity index (χ1n) is 6.54. The third-order valence-corrected chi connectivity index (χ3v) is 4.91. The lowest BCUT2D eigenvalue weighted by atomic mass is 10.2. The number of nitrogens with zero attached hydrogens (tertiary/aromatic N) is 1. The zero-order chi connectivity index (χ0) is 14.1. The van der Waals surface area contributed by atoms with Gasteiger partial charge in [0.1, 0.15) is 0 Å². The molecule has 1 aromatic carbocycles. The largest absolute Gasteiger partial charge is 0.338 e. The molecule has 0 aliphatic heterocycles. The summed E-state index contributed by atoms with van der Waals surface area (Å²) in [6.45, 7) is 2.43. The smallest absolute Gasteiger partial charge is 0.192 e. The lowest BCUT2D eigenvalue weighted by molar-refractivity contribution is 0.0977. The number of rotatable bonds is 4. The van der Waals surface area contributed by atoms with Gasteiger partial charge in [0.2, 0.25) is 0 Å². The fraction of sp³-hybridized carbons (Fsp3) is 0.188. The normalized spacial score (nSPS) is 11.1. The summed E-state index contributed by atoms with van der Waals surface area (Å²) in [6, 6.07) is 11.7. The van der Waals surface area contributed by atoms with E-state index in [0.29, 0.717) is 11.6 Å². The Morgan fingerprint density at radius 2 is 2.10 bits per heavy atom. The molecule has 0 fully saturated rings. The molecule has 20 heavy (non-hydrogen) atoms. The molecule has 3 aromatic rings. The highest BCUT2D eigenvalue weighted by molar-refractivity contribution is 7.14. The number of Topliss-reactive ketones (excluding diaryl/α,β-unsaturated/α-hetero) is 1. The van der Waals surface area contributed by atoms with Gasteiger partial charge in [-0.25, -0.2) is 0 Å². The Kier molecular flexibility index (Phi) is 3.64. The molecule has 0 saturated carbocycles. The van der Waals surface area contributed by atoms with Crippen LogP contribution in [-0.2, 0) is 13.0 Å². The Bertz CT molecular complexity index is 772. The highest BCUT2D eigenvalue weighted by Crippen LogP contribution is 2.25. The highest BCUT2D eigenvalue weighted by Gasteiger charge is 2.12. The zero-order valence-corrected chi connectivity index (χ0v) is 12.7. The van der Waals surface area contributed by atoms with Crippen molar-refractivity contribution in [3.05, 3.63) is 57.4 Å². The minimum absolute atomic E-state index is 0.132. The van der Waals surface area contributed by atoms with Gasteiger partial charge in [-0.1, -0.05) is 30.7 Å². The van der Waals surface area contributed by atoms with Crippen molar-refractivity contribution in [2.45, 2.75) is 19.9 Å². The van der Waals surface area contributed by atoms with Crippen LogP contribution in [0.5, 0.6) is 0 Å². The van der Waals surface area contributed by atoms with Crippen molar-refractivity contribution in [2.75, 3.05) is 0 Å². The number of benzene rings is 1. The van der Waals surface area contributed by atoms with Gasteiger partial charge >= 0.3 is 0 Å². The average Bonchev–Trinajstić information content (AvgIpc) is 3.06. The predicted octanol–water partition coefficient (Wildman–Crippen LogP) is 4.80. The van der Waals surface area contributed by atoms with Crippen LogP contribution >= 0.6 is 22.9 Å². The van der Waals surface area contributed by atoms with Gasteiger partial charge in [-0.05, 0) is 30.7 Å². The van der Waals surface area contributed by atoms with Crippen molar-refractivity contribution >= 4 is 39.6 Å². The molecule has 0 bridgehead atoms. The van der Waals surface area contributed by atoms with E-state index >= 15 is 0 Å². The van der Waals surface area contributed by atoms with E-state index in [2.05, 4.69) is 6.92 Å². The van der Waals surface area contributed by atoms with E-state index in [9.17, 15) is 4.79 Å². The second kappa shape index (κ2) is 5.43. The molecule has 0 saturated heterocycles. The molecule has 0 aliphatic rings. The molecular formula is C16H14ClNOS. The number of aromatic nitrogens is 1. The minimum Gasteiger partial charge on any atom is -0.338 e. The van der Waals surface area contributed by atoms with E-state index in [4.69, 9.17) is 11.6 Å². The number of hydrogen-bond acceptors (Lipinski definition) is 2. The summed E-state index contributed by atoms with van der Waals surface area (Å²) in [5.74, 6) is 0.132. The second-order valence-electron chi connectivity index (χ2n) is 4.66. The van der Waals surface area contributed by atoms with Crippen LogP contribution in [0.4, 0.5) is 0 Å². The molecular weight excluding hydrogens is 290 g/mol. The summed E-state index contributed by atoms with van der Waals surface area (Å²) >= 11 is 7.81. The van der Waals surface area contributed by atoms with Crippen LogP contribution in [0.1, 0.15) is 21.5 Å². The van der Waals surface area contributed by atoms with Gasteiger partial charge in [0.15, 0.2) is 5.78 Å². The Morgan fingerprint density at radius 3 is 2.85 bits per heavy atom. The summed E-state index contributed by atoms with van der Waals surface area (Å²) < 4.78 is 1.92. The van der Waals surface area contributed by atoms with Gasteiger partial charge in [0.05, 0.1) is 22.0 Å². The van der Waals surface area contributed by atoms with Gasteiger partial charge in [0.25, 0.3) is 0 Å². The van der Waals surface area contributed by atoms with Gasteiger partial charge in [0, 0.05) is 16.5 Å². The predicted molar refractivity (Wildman–Crippen MR) is 85.0 cm³/mol. The number of aryl methyl sites for hydroxylation is 1. The summed E-state index contributed by atoms with van der Waals surface area (Å²) in [5.41, 5.74) is 0.926. The number of halogens is 1. The van der Waals surface area contributed by atoms with Crippen LogP contribution in [0.25, 0.3) is 10.9 Å². The van der Waals surface area contributed by atoms with Crippen molar-refractivity contribution in [3.63, 3.8) is 0 Å². The second-order valence-corrected chi connectivity index (χ2v) is 6.24. The molecule has 0 unspecified atom stereocenters. The molecule has 0 amide bonds. The topological polar surface area (TPSA) is 22.0 Å². The van der Waals surface area contributed by atoms with E-state index in [1.807, 2.05) is 47.2 Å². The quantitative estimate of drug-likeness (QED) is 0.634. The van der Waals surface area contributed by atoms with E-state index in [0.717, 1.165) is 22.2 Å². The Labute approximate surface area is 126 Å². The van der Waals surface area contributed by atoms with Crippen molar-refractivity contribution < 1.29 is 4.79 Å². The van der Waals surface area contributed by atoms with Crippen molar-refractivity contribution in [1.82, 2.24) is 4.57 Å². The first-order chi connectivity index (χ1) is 9.69. The molecule has 0 atom stereocenters. The molecule has 102 valence electrons. The Hall–Kier alpha value is -1.58. The van der Waals surface area contributed by atoms with E-state index in [1.165, 1.54) is 4.88 Å². The number of ketones is 1. The molecule has 2 nitrogen and oxygen atoms in total. The van der Waals surface area contributed by atoms with Crippen LogP contribution in [0, 0.1) is 0 Å². The lowest BCUT2D eigenvalue weighted by Gasteiger charge is -2.05. The summed E-state index contributed by atoms with van der Waals surface area (Å²) in [6.07, 6.45) is 2.89. The third kappa shape index (κ3) is 2.39. The highest BCUT2D eigenvalue weighted by atomic mass is 35.5. The molecule has 2 heterocycles. The number of thiophene rings is 1. The Balaban J connectivity index is 1.91. The maximum absolute atomic E-state index is 12.3. The zero-order valence-electron chi connectivity index (χ0n) is 11.1. The number of carbonyl (C=O) groups excluding carboxylic acids is 1. The summed E-state index contributed by atoms with van der Waals surface area (Å²) in [4.78, 5) is 14.4. The first-order valence-corrected chi connectivity index (χ1v) is 7.73. The summed E-state index contributed by atoms with van der Waals surface area (Å²) in [5, 5.41) is 1.74. The standard InChI is InChI=1S/C16H14ClNOS/c1-2-12-6-7-15(20-12)14(19)10-18-9-8-11-4-3-5-13(17)16(11)18/h3-9H,2,10H2,1H3. The monoisotopic (exact) mass is 303 g/mol. The van der Waals surface area contributed by atoms with E-state index in [-0.39, 0.29) is 5.78 Å².